The van der Waals surface area contributed by atoms with Gasteiger partial charge in [0, 0.05) is 0 Å². The number of rotatable bonds is 1. The van der Waals surface area contributed by atoms with Gasteiger partial charge in [0.1, 0.15) is 12.1 Å². The van der Waals surface area contributed by atoms with Crippen LogP contribution in [0.3, 0.4) is 0 Å². The number of aliphatic hydroxyl groups excluding tert-OH is 1. The zero-order chi connectivity index (χ0) is 5.15. The molecule has 2 heteroatoms. The normalized spacial score (nSPS) is 20.0. The fraction of sp³-hybridized carbons (Fsp3) is 1.00. The van der Waals surface area contributed by atoms with Crippen LogP contribution in [-0.4, -0.2) is 17.3 Å². The molecule has 0 aliphatic rings. The van der Waals surface area contributed by atoms with E-state index in [1.54, 1.807) is 6.92 Å². The zero-order valence-electron chi connectivity index (χ0n) is 4.31. The Morgan fingerprint density at radius 2 is 1.67 bits per heavy atom. The summed E-state index contributed by atoms with van der Waals surface area (Å²) >= 11 is 0. The van der Waals surface area contributed by atoms with Gasteiger partial charge in [0.15, 0.2) is 0 Å². The zero-order valence-corrected chi connectivity index (χ0v) is 4.31. The van der Waals surface area contributed by atoms with Crippen LogP contribution in [0, 0.1) is 0 Å². The van der Waals surface area contributed by atoms with E-state index >= 15 is 0 Å². The molecule has 4 N–H and O–H groups in total. The molecule has 0 fully saturated rings. The van der Waals surface area contributed by atoms with Crippen LogP contribution in [0.25, 0.3) is 0 Å². The first kappa shape index (κ1) is 5.92. The lowest BCUT2D eigenvalue weighted by molar-refractivity contribution is -0.430. The van der Waals surface area contributed by atoms with E-state index in [1.165, 1.54) is 0 Å². The highest BCUT2D eigenvalue weighted by Crippen LogP contribution is 1.79. The van der Waals surface area contributed by atoms with Crippen molar-refractivity contribution in [3.8, 4) is 0 Å². The van der Waals surface area contributed by atoms with Gasteiger partial charge >= 0.3 is 0 Å². The van der Waals surface area contributed by atoms with E-state index in [0.717, 1.165) is 0 Å². The van der Waals surface area contributed by atoms with E-state index in [2.05, 4.69) is 5.73 Å². The van der Waals surface area contributed by atoms with Crippen molar-refractivity contribution < 1.29 is 10.8 Å². The van der Waals surface area contributed by atoms with Crippen molar-refractivity contribution in [2.45, 2.75) is 26.0 Å². The first-order valence-electron chi connectivity index (χ1n) is 2.15. The van der Waals surface area contributed by atoms with Gasteiger partial charge in [-0.3, -0.25) is 0 Å². The van der Waals surface area contributed by atoms with Crippen molar-refractivity contribution in [3.63, 3.8) is 0 Å². The SMILES string of the molecule is CC(O)[C@@H](C)[NH3+]. The lowest BCUT2D eigenvalue weighted by Crippen LogP contribution is -2.63. The highest BCUT2D eigenvalue weighted by molar-refractivity contribution is 4.49. The van der Waals surface area contributed by atoms with Gasteiger partial charge in [-0.25, -0.2) is 0 Å². The maximum Gasteiger partial charge on any atom is 0.107 e. The molecule has 1 unspecified atom stereocenters. The molecule has 0 bridgehead atoms. The van der Waals surface area contributed by atoms with E-state index in [0.29, 0.717) is 0 Å². The molecule has 2 atom stereocenters. The molecule has 0 radical (unpaired) electrons. The third-order valence-electron chi connectivity index (χ3n) is 0.824. The van der Waals surface area contributed by atoms with Gasteiger partial charge in [0.25, 0.3) is 0 Å². The minimum atomic E-state index is -0.259. The average Bonchev–Trinajstić information content (AvgIpc) is 1.36. The van der Waals surface area contributed by atoms with Crippen LogP contribution in [0.4, 0.5) is 0 Å². The van der Waals surface area contributed by atoms with Gasteiger partial charge in [0.2, 0.25) is 0 Å². The maximum atomic E-state index is 8.57. The standard InChI is InChI=1S/C4H11NO/c1-3(5)4(2)6/h3-4,6H,5H2,1-2H3/p+1/t3-,4?/m1/s1. The summed E-state index contributed by atoms with van der Waals surface area (Å²) in [6, 6.07) is 0.157. The summed E-state index contributed by atoms with van der Waals surface area (Å²) in [6.07, 6.45) is -0.259. The van der Waals surface area contributed by atoms with Crippen LogP contribution in [-0.2, 0) is 0 Å². The molecule has 0 aliphatic carbocycles. The largest absolute Gasteiger partial charge is 0.387 e. The molecule has 0 heterocycles. The maximum absolute atomic E-state index is 8.57. The summed E-state index contributed by atoms with van der Waals surface area (Å²) in [5, 5.41) is 8.57. The molecular weight excluding hydrogens is 78.0 g/mol. The van der Waals surface area contributed by atoms with Crippen LogP contribution in [0.1, 0.15) is 13.8 Å². The van der Waals surface area contributed by atoms with Crippen LogP contribution < -0.4 is 5.73 Å². The van der Waals surface area contributed by atoms with Crippen LogP contribution >= 0.6 is 0 Å². The van der Waals surface area contributed by atoms with Gasteiger partial charge in [0.05, 0.1) is 0 Å². The highest BCUT2D eigenvalue weighted by Gasteiger charge is 2.02. The monoisotopic (exact) mass is 90.1 g/mol. The molecule has 0 aromatic carbocycles. The quantitative estimate of drug-likeness (QED) is 0.426. The third kappa shape index (κ3) is 2.18. The predicted octanol–water partition coefficient (Wildman–Crippen LogP) is -1.00. The summed E-state index contributed by atoms with van der Waals surface area (Å²) in [5.41, 5.74) is 3.59. The summed E-state index contributed by atoms with van der Waals surface area (Å²) in [4.78, 5) is 0. The first-order chi connectivity index (χ1) is 2.64. The lowest BCUT2D eigenvalue weighted by Gasteiger charge is -2.01. The Bertz CT molecular complexity index is 28.5. The Morgan fingerprint density at radius 3 is 1.67 bits per heavy atom. The molecule has 0 rings (SSSR count). The number of hydrogen-bond acceptors (Lipinski definition) is 1. The van der Waals surface area contributed by atoms with E-state index in [1.807, 2.05) is 6.92 Å². The fourth-order valence-corrected chi connectivity index (χ4v) is 0. The van der Waals surface area contributed by atoms with Crippen molar-refractivity contribution in [1.29, 1.82) is 0 Å². The lowest BCUT2D eigenvalue weighted by atomic mass is 10.2. The molecule has 0 saturated heterocycles. The van der Waals surface area contributed by atoms with Crippen molar-refractivity contribution >= 4 is 0 Å². The second-order valence-electron chi connectivity index (χ2n) is 1.72. The number of hydrogen-bond donors (Lipinski definition) is 2. The minimum Gasteiger partial charge on any atom is -0.387 e. The minimum absolute atomic E-state index is 0.157. The highest BCUT2D eigenvalue weighted by atomic mass is 16.3. The van der Waals surface area contributed by atoms with Crippen LogP contribution in [0.5, 0.6) is 0 Å². The van der Waals surface area contributed by atoms with Crippen molar-refractivity contribution in [2.75, 3.05) is 0 Å². The Balaban J connectivity index is 2.99. The molecule has 38 valence electrons. The molecule has 0 aromatic heterocycles. The number of aliphatic hydroxyl groups is 1. The molecular formula is C4H12NO+. The molecule has 2 nitrogen and oxygen atoms in total. The summed E-state index contributed by atoms with van der Waals surface area (Å²) in [7, 11) is 0. The molecule has 6 heavy (non-hydrogen) atoms. The van der Waals surface area contributed by atoms with Gasteiger partial charge in [-0.2, -0.15) is 0 Å². The Kier molecular flexibility index (Phi) is 2.13. The first-order valence-corrected chi connectivity index (χ1v) is 2.15. The van der Waals surface area contributed by atoms with E-state index in [4.69, 9.17) is 5.11 Å². The Hall–Kier alpha value is -0.0800. The Morgan fingerprint density at radius 1 is 1.50 bits per heavy atom. The summed E-state index contributed by atoms with van der Waals surface area (Å²) < 4.78 is 0. The fourth-order valence-electron chi connectivity index (χ4n) is 0. The van der Waals surface area contributed by atoms with Crippen LogP contribution in [0.15, 0.2) is 0 Å². The third-order valence-corrected chi connectivity index (χ3v) is 0.824. The van der Waals surface area contributed by atoms with Crippen LogP contribution in [0.2, 0.25) is 0 Å². The second-order valence-corrected chi connectivity index (χ2v) is 1.72. The number of quaternary nitrogens is 1. The smallest absolute Gasteiger partial charge is 0.107 e. The van der Waals surface area contributed by atoms with E-state index in [9.17, 15) is 0 Å². The second kappa shape index (κ2) is 2.16. The predicted molar refractivity (Wildman–Crippen MR) is 24.0 cm³/mol. The van der Waals surface area contributed by atoms with Gasteiger partial charge in [-0.15, -0.1) is 0 Å². The van der Waals surface area contributed by atoms with E-state index in [-0.39, 0.29) is 12.1 Å². The van der Waals surface area contributed by atoms with Gasteiger partial charge in [-0.1, -0.05) is 0 Å². The topological polar surface area (TPSA) is 47.9 Å². The molecule has 0 aromatic rings. The van der Waals surface area contributed by atoms with Crippen molar-refractivity contribution in [3.05, 3.63) is 0 Å². The molecule has 0 aliphatic heterocycles. The molecule has 0 amide bonds. The molecule has 0 spiro atoms. The van der Waals surface area contributed by atoms with Gasteiger partial charge in [-0.05, 0) is 13.8 Å². The summed E-state index contributed by atoms with van der Waals surface area (Å²) in [5.74, 6) is 0. The molecule has 0 saturated carbocycles. The summed E-state index contributed by atoms with van der Waals surface area (Å²) in [6.45, 7) is 3.61. The Labute approximate surface area is 38.0 Å². The van der Waals surface area contributed by atoms with Crippen molar-refractivity contribution in [1.82, 2.24) is 0 Å². The van der Waals surface area contributed by atoms with Gasteiger partial charge < -0.3 is 10.8 Å². The van der Waals surface area contributed by atoms with E-state index < -0.39 is 0 Å². The van der Waals surface area contributed by atoms with Crippen molar-refractivity contribution in [2.24, 2.45) is 0 Å². The average molecular weight is 90.1 g/mol.